The molecule has 0 radical (unpaired) electrons. The van der Waals surface area contributed by atoms with E-state index in [2.05, 4.69) is 0 Å². The summed E-state index contributed by atoms with van der Waals surface area (Å²) in [5.41, 5.74) is -5.39. The van der Waals surface area contributed by atoms with Crippen molar-refractivity contribution in [1.82, 2.24) is 0 Å². The molecule has 0 bridgehead atoms. The number of alkyl halides is 2. The highest BCUT2D eigenvalue weighted by molar-refractivity contribution is 6.29. The second-order valence-corrected chi connectivity index (χ2v) is 9.84. The van der Waals surface area contributed by atoms with Crippen LogP contribution in [0, 0.1) is 28.6 Å². The molecule has 152 valence electrons. The smallest absolute Gasteiger partial charge is 0.184 e. The van der Waals surface area contributed by atoms with Crippen molar-refractivity contribution in [3.8, 4) is 0 Å². The average Bonchev–Trinajstić information content (AvgIpc) is 2.91. The normalized spacial score (nSPS) is 49.9. The van der Waals surface area contributed by atoms with Crippen molar-refractivity contribution in [3.05, 3.63) is 23.8 Å². The van der Waals surface area contributed by atoms with Gasteiger partial charge in [-0.25, -0.2) is 4.39 Å². The Balaban J connectivity index is 1.86. The molecule has 6 heteroatoms. The van der Waals surface area contributed by atoms with Gasteiger partial charge >= 0.3 is 0 Å². The number of Topliss-reactive ketones (excluding diaryl/α,β-unsaturated/α-hetero) is 2. The summed E-state index contributed by atoms with van der Waals surface area (Å²) in [6, 6.07) is 0. The van der Waals surface area contributed by atoms with E-state index >= 15 is 4.39 Å². The van der Waals surface area contributed by atoms with Gasteiger partial charge in [0.2, 0.25) is 0 Å². The zero-order valence-corrected chi connectivity index (χ0v) is 17.2. The van der Waals surface area contributed by atoms with Crippen LogP contribution in [0.5, 0.6) is 0 Å². The molecule has 28 heavy (non-hydrogen) atoms. The Morgan fingerprint density at radius 2 is 2.00 bits per heavy atom. The van der Waals surface area contributed by atoms with Crippen LogP contribution in [0.25, 0.3) is 0 Å². The third kappa shape index (κ3) is 2.07. The van der Waals surface area contributed by atoms with Crippen LogP contribution in [0.15, 0.2) is 23.8 Å². The molecular weight excluding hydrogens is 383 g/mol. The monoisotopic (exact) mass is 408 g/mol. The first-order chi connectivity index (χ1) is 13.0. The van der Waals surface area contributed by atoms with Gasteiger partial charge in [0.05, 0.1) is 5.88 Å². The number of aliphatic hydroxyl groups is 1. The van der Waals surface area contributed by atoms with Gasteiger partial charge in [0.15, 0.2) is 23.0 Å². The number of carbonyl (C=O) groups excluding carboxylic acids is 3. The number of hydrogen-bond donors (Lipinski definition) is 1. The lowest BCUT2D eigenvalue weighted by Crippen LogP contribution is -2.68. The summed E-state index contributed by atoms with van der Waals surface area (Å²) in [5, 5.41) is 11.2. The lowest BCUT2D eigenvalue weighted by atomic mass is 9.43. The van der Waals surface area contributed by atoms with Gasteiger partial charge in [-0.3, -0.25) is 14.4 Å². The molecule has 0 saturated heterocycles. The number of halogens is 2. The molecule has 0 heterocycles. The van der Waals surface area contributed by atoms with E-state index in [9.17, 15) is 19.5 Å². The Hall–Kier alpha value is -1.33. The first-order valence-corrected chi connectivity index (χ1v) is 10.5. The average molecular weight is 409 g/mol. The molecule has 0 aliphatic heterocycles. The number of carbonyl (C=O) groups is 3. The number of fused-ring (bicyclic) bond motifs is 5. The van der Waals surface area contributed by atoms with E-state index in [1.165, 1.54) is 12.2 Å². The van der Waals surface area contributed by atoms with E-state index in [1.807, 2.05) is 6.92 Å². The van der Waals surface area contributed by atoms with Crippen molar-refractivity contribution in [2.24, 2.45) is 28.6 Å². The molecule has 0 aromatic carbocycles. The van der Waals surface area contributed by atoms with E-state index < -0.39 is 39.6 Å². The number of hydrogen-bond acceptors (Lipinski definition) is 4. The first kappa shape index (κ1) is 20.0. The van der Waals surface area contributed by atoms with Gasteiger partial charge in [-0.1, -0.05) is 25.5 Å². The van der Waals surface area contributed by atoms with Gasteiger partial charge in [-0.2, -0.15) is 0 Å². The molecule has 0 spiro atoms. The summed E-state index contributed by atoms with van der Waals surface area (Å²) in [4.78, 5) is 37.8. The third-order valence-corrected chi connectivity index (χ3v) is 8.71. The van der Waals surface area contributed by atoms with Gasteiger partial charge < -0.3 is 5.11 Å². The minimum atomic E-state index is -2.15. The number of ketones is 3. The van der Waals surface area contributed by atoms with E-state index in [1.54, 1.807) is 19.9 Å². The van der Waals surface area contributed by atoms with Crippen LogP contribution in [0.3, 0.4) is 0 Å². The van der Waals surface area contributed by atoms with Crippen molar-refractivity contribution in [2.75, 3.05) is 5.88 Å². The molecule has 0 amide bonds. The fraction of sp³-hybridized carbons (Fsp3) is 0.682. The molecule has 4 nitrogen and oxygen atoms in total. The van der Waals surface area contributed by atoms with Gasteiger partial charge in [0.25, 0.3) is 0 Å². The Bertz CT molecular complexity index is 849. The van der Waals surface area contributed by atoms with Crippen LogP contribution < -0.4 is 0 Å². The van der Waals surface area contributed by atoms with Crippen molar-refractivity contribution in [3.63, 3.8) is 0 Å². The van der Waals surface area contributed by atoms with Crippen LogP contribution in [-0.4, -0.2) is 39.6 Å². The summed E-state index contributed by atoms with van der Waals surface area (Å²) in [5.74, 6) is -2.58. The lowest BCUT2D eigenvalue weighted by Gasteiger charge is -2.60. The quantitative estimate of drug-likeness (QED) is 0.711. The third-order valence-electron chi connectivity index (χ3n) is 8.47. The maximum atomic E-state index is 16.8. The summed E-state index contributed by atoms with van der Waals surface area (Å²) >= 11 is 5.75. The molecule has 1 N–H and O–H groups in total. The second-order valence-electron chi connectivity index (χ2n) is 9.57. The van der Waals surface area contributed by atoms with Crippen LogP contribution in [0.2, 0.25) is 0 Å². The highest BCUT2D eigenvalue weighted by Crippen LogP contribution is 2.69. The molecule has 0 unspecified atom stereocenters. The van der Waals surface area contributed by atoms with Crippen molar-refractivity contribution >= 4 is 29.0 Å². The Labute approximate surface area is 169 Å². The molecule has 0 aromatic heterocycles. The maximum absolute atomic E-state index is 16.8. The largest absolute Gasteiger partial charge is 0.381 e. The molecule has 4 aliphatic carbocycles. The summed E-state index contributed by atoms with van der Waals surface area (Å²) < 4.78 is 16.8. The van der Waals surface area contributed by atoms with E-state index in [4.69, 9.17) is 11.6 Å². The van der Waals surface area contributed by atoms with E-state index in [-0.39, 0.29) is 36.3 Å². The Kier molecular flexibility index (Phi) is 4.17. The standard InChI is InChI=1S/C22H26ClFO4/c1-12-8-16-14-5-7-21(28,18(27)11-23)20(14,3)10-17(26)22(16,24)19(2)6-4-13(25)9-15(12)19/h4,6,9,12,14,16,28H,5,7-8,10-11H2,1-3H3/t12-,14-,16-,19-,20-,21-,22-/m0/s1. The van der Waals surface area contributed by atoms with Crippen molar-refractivity contribution in [2.45, 2.75) is 57.7 Å². The van der Waals surface area contributed by atoms with Gasteiger partial charge in [0, 0.05) is 23.2 Å². The molecule has 3 saturated carbocycles. The maximum Gasteiger partial charge on any atom is 0.184 e. The summed E-state index contributed by atoms with van der Waals surface area (Å²) in [7, 11) is 0. The summed E-state index contributed by atoms with van der Waals surface area (Å²) in [6.45, 7) is 5.40. The highest BCUT2D eigenvalue weighted by Gasteiger charge is 2.74. The highest BCUT2D eigenvalue weighted by atomic mass is 35.5. The van der Waals surface area contributed by atoms with Crippen LogP contribution >= 0.6 is 11.6 Å². The molecule has 4 rings (SSSR count). The fourth-order valence-corrected chi connectivity index (χ4v) is 7.12. The van der Waals surface area contributed by atoms with Crippen LogP contribution in [-0.2, 0) is 14.4 Å². The number of allylic oxidation sites excluding steroid dienone is 4. The minimum absolute atomic E-state index is 0.0691. The van der Waals surface area contributed by atoms with Crippen molar-refractivity contribution in [1.29, 1.82) is 0 Å². The van der Waals surface area contributed by atoms with Crippen LogP contribution in [0.4, 0.5) is 4.39 Å². The predicted octanol–water partition coefficient (Wildman–Crippen LogP) is 3.35. The van der Waals surface area contributed by atoms with Gasteiger partial charge in [-0.05, 0) is 50.2 Å². The zero-order chi connectivity index (χ0) is 20.7. The first-order valence-electron chi connectivity index (χ1n) is 9.95. The van der Waals surface area contributed by atoms with Crippen LogP contribution in [0.1, 0.15) is 46.5 Å². The summed E-state index contributed by atoms with van der Waals surface area (Å²) in [6.07, 6.45) is 5.26. The second kappa shape index (κ2) is 5.85. The van der Waals surface area contributed by atoms with Gasteiger partial charge in [-0.15, -0.1) is 11.6 Å². The fourth-order valence-electron chi connectivity index (χ4n) is 6.90. The number of rotatable bonds is 2. The molecule has 3 fully saturated rings. The molecule has 7 atom stereocenters. The molecule has 4 aliphatic rings. The molecular formula is C22H26ClFO4. The Morgan fingerprint density at radius 1 is 1.32 bits per heavy atom. The van der Waals surface area contributed by atoms with Gasteiger partial charge in [0.1, 0.15) is 5.60 Å². The van der Waals surface area contributed by atoms with E-state index in [0.29, 0.717) is 18.4 Å². The Morgan fingerprint density at radius 3 is 2.64 bits per heavy atom. The SMILES string of the molecule is C[C@H]1C[C@H]2[C@@H]3CC[C@](O)(C(=O)CCl)[C@@]3(C)CC(=O)[C@]2(F)[C@@]2(C)C=CC(=O)C=C12. The van der Waals surface area contributed by atoms with Crippen molar-refractivity contribution < 1.29 is 23.9 Å². The van der Waals surface area contributed by atoms with E-state index in [0.717, 1.165) is 0 Å². The predicted molar refractivity (Wildman–Crippen MR) is 103 cm³/mol. The lowest BCUT2D eigenvalue weighted by molar-refractivity contribution is -0.184. The minimum Gasteiger partial charge on any atom is -0.381 e. The topological polar surface area (TPSA) is 71.4 Å². The molecule has 0 aromatic rings. The zero-order valence-electron chi connectivity index (χ0n) is 16.4.